The molecule has 0 bridgehead atoms. The van der Waals surface area contributed by atoms with E-state index in [1.807, 2.05) is 0 Å². The Balaban J connectivity index is 1.20. The number of nitrogens with one attached hydrogen (secondary N) is 3. The number of fused-ring (bicyclic) bond motifs is 1. The number of carbonyl (C=O) groups excluding carboxylic acids is 1. The molecule has 2 aliphatic heterocycles. The summed E-state index contributed by atoms with van der Waals surface area (Å²) in [5.74, 6) is 0.750. The van der Waals surface area contributed by atoms with Crippen molar-refractivity contribution < 1.29 is 23.7 Å². The van der Waals surface area contributed by atoms with Crippen LogP contribution in [0.15, 0.2) is 42.5 Å². The second-order valence-corrected chi connectivity index (χ2v) is 7.76. The van der Waals surface area contributed by atoms with Crippen LogP contribution in [0.25, 0.3) is 0 Å². The van der Waals surface area contributed by atoms with Crippen LogP contribution in [0.4, 0.5) is 4.39 Å². The average Bonchev–Trinajstić information content (AvgIpc) is 3.17. The number of quaternary nitrogens is 2. The van der Waals surface area contributed by atoms with Crippen LogP contribution in [0.5, 0.6) is 5.75 Å². The van der Waals surface area contributed by atoms with E-state index < -0.39 is 0 Å². The molecule has 0 unspecified atom stereocenters. The molecule has 3 N–H and O–H groups in total. The van der Waals surface area contributed by atoms with E-state index in [1.54, 1.807) is 23.1 Å². The lowest BCUT2D eigenvalue weighted by molar-refractivity contribution is -1.02. The Morgan fingerprint density at radius 2 is 1.86 bits per heavy atom. The van der Waals surface area contributed by atoms with Gasteiger partial charge in [-0.3, -0.25) is 4.79 Å². The van der Waals surface area contributed by atoms with Crippen LogP contribution in [0.2, 0.25) is 0 Å². The van der Waals surface area contributed by atoms with Crippen molar-refractivity contribution in [2.24, 2.45) is 0 Å². The molecule has 1 amide bonds. The van der Waals surface area contributed by atoms with Gasteiger partial charge in [-0.1, -0.05) is 18.2 Å². The van der Waals surface area contributed by atoms with Crippen molar-refractivity contribution >= 4 is 5.91 Å². The predicted octanol–water partition coefficient (Wildman–Crippen LogP) is -0.640. The lowest BCUT2D eigenvalue weighted by atomic mass is 10.1. The van der Waals surface area contributed by atoms with Crippen molar-refractivity contribution in [3.8, 4) is 5.75 Å². The first-order valence-corrected chi connectivity index (χ1v) is 10.1. The van der Waals surface area contributed by atoms with Gasteiger partial charge in [0, 0.05) is 24.1 Å². The van der Waals surface area contributed by atoms with Gasteiger partial charge in [-0.05, 0) is 29.8 Å². The molecule has 148 valence electrons. The molecule has 0 radical (unpaired) electrons. The minimum absolute atomic E-state index is 0.0136. The first-order chi connectivity index (χ1) is 13.7. The Bertz CT molecular complexity index is 834. The molecular formula is C22H28FN3O2+2. The fourth-order valence-corrected chi connectivity index (χ4v) is 4.07. The molecule has 2 aliphatic rings. The van der Waals surface area contributed by atoms with Crippen molar-refractivity contribution in [2.45, 2.75) is 19.5 Å². The molecule has 2 aromatic rings. The van der Waals surface area contributed by atoms with Gasteiger partial charge < -0.3 is 19.9 Å². The Labute approximate surface area is 165 Å². The summed E-state index contributed by atoms with van der Waals surface area (Å²) in [6.07, 6.45) is 1.01. The van der Waals surface area contributed by atoms with Crippen LogP contribution in [0, 0.1) is 5.82 Å². The van der Waals surface area contributed by atoms with Crippen LogP contribution in [-0.2, 0) is 24.3 Å². The number of halogens is 1. The van der Waals surface area contributed by atoms with Crippen LogP contribution < -0.4 is 19.9 Å². The van der Waals surface area contributed by atoms with Crippen molar-refractivity contribution in [3.63, 3.8) is 0 Å². The third-order valence-electron chi connectivity index (χ3n) is 5.72. The third-order valence-corrected chi connectivity index (χ3v) is 5.72. The molecule has 1 saturated heterocycles. The second kappa shape index (κ2) is 8.71. The number of piperazine rings is 1. The number of carbonyl (C=O) groups is 1. The fraction of sp³-hybridized carbons (Fsp3) is 0.409. The van der Waals surface area contributed by atoms with Gasteiger partial charge in [0.05, 0.1) is 6.61 Å². The Hall–Kier alpha value is -2.44. The van der Waals surface area contributed by atoms with Crippen molar-refractivity contribution in [1.29, 1.82) is 0 Å². The van der Waals surface area contributed by atoms with E-state index in [4.69, 9.17) is 4.74 Å². The van der Waals surface area contributed by atoms with E-state index in [-0.39, 0.29) is 18.3 Å². The zero-order valence-corrected chi connectivity index (χ0v) is 16.1. The molecular weight excluding hydrogens is 357 g/mol. The van der Waals surface area contributed by atoms with Crippen molar-refractivity contribution in [2.75, 3.05) is 39.3 Å². The number of hydrogen-bond donors (Lipinski definition) is 3. The molecule has 6 heteroatoms. The highest BCUT2D eigenvalue weighted by Crippen LogP contribution is 2.25. The lowest BCUT2D eigenvalue weighted by Gasteiger charge is -2.29. The van der Waals surface area contributed by atoms with Gasteiger partial charge in [0.2, 0.25) is 0 Å². The molecule has 1 fully saturated rings. The van der Waals surface area contributed by atoms with Crippen molar-refractivity contribution in [1.82, 2.24) is 5.32 Å². The number of benzene rings is 2. The fourth-order valence-electron chi connectivity index (χ4n) is 4.07. The van der Waals surface area contributed by atoms with E-state index in [9.17, 15) is 9.18 Å². The van der Waals surface area contributed by atoms with Crippen LogP contribution in [0.1, 0.15) is 16.7 Å². The van der Waals surface area contributed by atoms with Gasteiger partial charge in [0.25, 0.3) is 5.91 Å². The molecule has 0 spiro atoms. The highest BCUT2D eigenvalue weighted by molar-refractivity contribution is 5.76. The highest BCUT2D eigenvalue weighted by Gasteiger charge is 2.25. The molecule has 2 aromatic carbocycles. The second-order valence-electron chi connectivity index (χ2n) is 7.76. The molecule has 5 nitrogen and oxygen atoms in total. The standard InChI is InChI=1S/C22H26FN3O2/c23-20-4-2-1-3-19(20)14-24-22(27)16-26-10-8-25(9-11-26)15-17-5-6-21-18(13-17)7-12-28-21/h1-6,13H,7-12,14-16H2,(H,24,27)/p+2. The van der Waals surface area contributed by atoms with Gasteiger partial charge in [-0.2, -0.15) is 0 Å². The summed E-state index contributed by atoms with van der Waals surface area (Å²) in [6.45, 7) is 6.61. The third kappa shape index (κ3) is 4.69. The van der Waals surface area contributed by atoms with Crippen LogP contribution >= 0.6 is 0 Å². The van der Waals surface area contributed by atoms with E-state index >= 15 is 0 Å². The smallest absolute Gasteiger partial charge is 0.275 e. The zero-order chi connectivity index (χ0) is 19.3. The van der Waals surface area contributed by atoms with E-state index in [1.165, 1.54) is 22.1 Å². The van der Waals surface area contributed by atoms with Gasteiger partial charge in [-0.25, -0.2) is 4.39 Å². The maximum atomic E-state index is 13.6. The summed E-state index contributed by atoms with van der Waals surface area (Å²) in [5.41, 5.74) is 3.22. The first kappa shape index (κ1) is 18.9. The Kier molecular flexibility index (Phi) is 5.88. The van der Waals surface area contributed by atoms with Crippen LogP contribution in [-0.4, -0.2) is 45.2 Å². The molecule has 0 saturated carbocycles. The van der Waals surface area contributed by atoms with Gasteiger partial charge in [-0.15, -0.1) is 0 Å². The SMILES string of the molecule is O=C(C[NH+]1CC[NH+](Cc2ccc3c(c2)CCO3)CC1)NCc1ccccc1F. The topological polar surface area (TPSA) is 47.2 Å². The molecule has 0 aromatic heterocycles. The number of ether oxygens (including phenoxy) is 1. The summed E-state index contributed by atoms with van der Waals surface area (Å²) in [7, 11) is 0. The monoisotopic (exact) mass is 385 g/mol. The lowest BCUT2D eigenvalue weighted by Crippen LogP contribution is -3.28. The summed E-state index contributed by atoms with van der Waals surface area (Å²) in [4.78, 5) is 15.1. The molecule has 0 atom stereocenters. The summed E-state index contributed by atoms with van der Waals surface area (Å²) >= 11 is 0. The number of amides is 1. The summed E-state index contributed by atoms with van der Waals surface area (Å²) in [5, 5.41) is 2.84. The average molecular weight is 385 g/mol. The molecule has 4 rings (SSSR count). The normalized spacial score (nSPS) is 21.0. The van der Waals surface area contributed by atoms with Crippen LogP contribution in [0.3, 0.4) is 0 Å². The molecule has 28 heavy (non-hydrogen) atoms. The van der Waals surface area contributed by atoms with E-state index in [0.29, 0.717) is 12.1 Å². The van der Waals surface area contributed by atoms with Gasteiger partial charge in [0.15, 0.2) is 6.54 Å². The minimum Gasteiger partial charge on any atom is -0.493 e. The maximum absolute atomic E-state index is 13.6. The van der Waals surface area contributed by atoms with E-state index in [0.717, 1.165) is 51.5 Å². The largest absolute Gasteiger partial charge is 0.493 e. The van der Waals surface area contributed by atoms with Crippen molar-refractivity contribution in [3.05, 3.63) is 65.0 Å². The number of hydrogen-bond acceptors (Lipinski definition) is 2. The quantitative estimate of drug-likeness (QED) is 0.620. The maximum Gasteiger partial charge on any atom is 0.275 e. The highest BCUT2D eigenvalue weighted by atomic mass is 19.1. The first-order valence-electron chi connectivity index (χ1n) is 10.1. The van der Waals surface area contributed by atoms with E-state index in [2.05, 4.69) is 23.5 Å². The molecule has 0 aliphatic carbocycles. The predicted molar refractivity (Wildman–Crippen MR) is 104 cm³/mol. The minimum atomic E-state index is -0.273. The Morgan fingerprint density at radius 3 is 2.68 bits per heavy atom. The summed E-state index contributed by atoms with van der Waals surface area (Å²) < 4.78 is 19.2. The Morgan fingerprint density at radius 1 is 1.07 bits per heavy atom. The molecule has 2 heterocycles. The zero-order valence-electron chi connectivity index (χ0n) is 16.1. The van der Waals surface area contributed by atoms with Gasteiger partial charge in [0.1, 0.15) is 44.3 Å². The number of rotatable bonds is 6. The van der Waals surface area contributed by atoms with Gasteiger partial charge >= 0.3 is 0 Å². The summed E-state index contributed by atoms with van der Waals surface area (Å²) in [6, 6.07) is 13.1.